The molecule has 0 aliphatic heterocycles. The molecule has 0 fully saturated rings. The fourth-order valence-corrected chi connectivity index (χ4v) is 2.62. The van der Waals surface area contributed by atoms with Gasteiger partial charge < -0.3 is 14.6 Å². The molecule has 1 N–H and O–H groups in total. The van der Waals surface area contributed by atoms with E-state index < -0.39 is 6.10 Å². The Morgan fingerprint density at radius 2 is 1.96 bits per heavy atom. The van der Waals surface area contributed by atoms with Gasteiger partial charge in [0.05, 0.1) is 5.69 Å². The van der Waals surface area contributed by atoms with Crippen molar-refractivity contribution in [2.45, 2.75) is 26.5 Å². The Labute approximate surface area is 151 Å². The number of aryl methyl sites for hydroxylation is 1. The predicted octanol–water partition coefficient (Wildman–Crippen LogP) is 3.40. The van der Waals surface area contributed by atoms with E-state index in [-0.39, 0.29) is 11.7 Å². The number of nitrogens with one attached hydrogen (secondary N) is 1. The van der Waals surface area contributed by atoms with Crippen molar-refractivity contribution in [2.75, 3.05) is 0 Å². The highest BCUT2D eigenvalue weighted by molar-refractivity contribution is 5.80. The lowest BCUT2D eigenvalue weighted by Gasteiger charge is -2.16. The fraction of sp³-hybridized carbons (Fsp3) is 0.200. The number of nitrogens with zero attached hydrogens (tertiary/aromatic N) is 2. The SMILES string of the molecule is Cc1nccn1-c1ccccc1CNC(=O)[C@H](C)Oc1ccc(F)cc1. The molecule has 26 heavy (non-hydrogen) atoms. The highest BCUT2D eigenvalue weighted by Crippen LogP contribution is 2.16. The van der Waals surface area contributed by atoms with Gasteiger partial charge in [0.1, 0.15) is 17.4 Å². The summed E-state index contributed by atoms with van der Waals surface area (Å²) in [6, 6.07) is 13.4. The summed E-state index contributed by atoms with van der Waals surface area (Å²) in [6.45, 7) is 3.95. The first-order valence-electron chi connectivity index (χ1n) is 8.33. The number of hydrogen-bond acceptors (Lipinski definition) is 3. The van der Waals surface area contributed by atoms with Crippen LogP contribution in [0.15, 0.2) is 60.9 Å². The number of halogens is 1. The fourth-order valence-electron chi connectivity index (χ4n) is 2.62. The van der Waals surface area contributed by atoms with Crippen LogP contribution in [0.1, 0.15) is 18.3 Å². The Morgan fingerprint density at radius 1 is 1.23 bits per heavy atom. The van der Waals surface area contributed by atoms with Crippen LogP contribution >= 0.6 is 0 Å². The Kier molecular flexibility index (Phi) is 5.31. The van der Waals surface area contributed by atoms with E-state index in [1.165, 1.54) is 24.3 Å². The van der Waals surface area contributed by atoms with Gasteiger partial charge >= 0.3 is 0 Å². The van der Waals surface area contributed by atoms with E-state index in [9.17, 15) is 9.18 Å². The van der Waals surface area contributed by atoms with Crippen molar-refractivity contribution in [1.82, 2.24) is 14.9 Å². The largest absolute Gasteiger partial charge is 0.481 e. The Balaban J connectivity index is 1.64. The molecule has 1 atom stereocenters. The van der Waals surface area contributed by atoms with E-state index >= 15 is 0 Å². The second kappa shape index (κ2) is 7.82. The number of para-hydroxylation sites is 1. The molecule has 1 heterocycles. The van der Waals surface area contributed by atoms with Crippen LogP contribution in [0.3, 0.4) is 0 Å². The molecule has 2 aromatic carbocycles. The van der Waals surface area contributed by atoms with Gasteiger partial charge in [-0.3, -0.25) is 4.79 Å². The summed E-state index contributed by atoms with van der Waals surface area (Å²) in [6.07, 6.45) is 2.93. The predicted molar refractivity (Wildman–Crippen MR) is 96.6 cm³/mol. The minimum absolute atomic E-state index is 0.244. The van der Waals surface area contributed by atoms with Gasteiger partial charge in [0.25, 0.3) is 5.91 Å². The lowest BCUT2D eigenvalue weighted by atomic mass is 10.1. The molecule has 5 nitrogen and oxygen atoms in total. The minimum Gasteiger partial charge on any atom is -0.481 e. The number of ether oxygens (including phenoxy) is 1. The summed E-state index contributed by atoms with van der Waals surface area (Å²) in [7, 11) is 0. The van der Waals surface area contributed by atoms with E-state index in [4.69, 9.17) is 4.74 Å². The third-order valence-electron chi connectivity index (χ3n) is 4.03. The third kappa shape index (κ3) is 4.08. The molecule has 3 aromatic rings. The molecule has 0 aliphatic rings. The molecule has 6 heteroatoms. The summed E-state index contributed by atoms with van der Waals surface area (Å²) in [5.41, 5.74) is 1.94. The van der Waals surface area contributed by atoms with E-state index in [1.54, 1.807) is 13.1 Å². The molecule has 1 aromatic heterocycles. The van der Waals surface area contributed by atoms with E-state index in [0.29, 0.717) is 12.3 Å². The molecule has 0 saturated heterocycles. The number of rotatable bonds is 6. The van der Waals surface area contributed by atoms with Crippen LogP contribution in [0.2, 0.25) is 0 Å². The molecule has 0 unspecified atom stereocenters. The molecule has 0 spiro atoms. The summed E-state index contributed by atoms with van der Waals surface area (Å²) >= 11 is 0. The lowest BCUT2D eigenvalue weighted by Crippen LogP contribution is -2.36. The highest BCUT2D eigenvalue weighted by atomic mass is 19.1. The monoisotopic (exact) mass is 353 g/mol. The molecule has 0 saturated carbocycles. The lowest BCUT2D eigenvalue weighted by molar-refractivity contribution is -0.127. The van der Waals surface area contributed by atoms with Gasteiger partial charge in [-0.2, -0.15) is 0 Å². The normalized spacial score (nSPS) is 11.8. The standard InChI is InChI=1S/C20H20FN3O2/c1-14(26-18-9-7-17(21)8-10-18)20(25)23-13-16-5-3-4-6-19(16)24-12-11-22-15(24)2/h3-12,14H,13H2,1-2H3,(H,23,25)/t14-/m0/s1. The van der Waals surface area contributed by atoms with Gasteiger partial charge in [-0.15, -0.1) is 0 Å². The van der Waals surface area contributed by atoms with Crippen LogP contribution in [0, 0.1) is 12.7 Å². The zero-order valence-electron chi connectivity index (χ0n) is 14.6. The minimum atomic E-state index is -0.692. The van der Waals surface area contributed by atoms with Crippen molar-refractivity contribution in [3.8, 4) is 11.4 Å². The summed E-state index contributed by atoms with van der Waals surface area (Å²) in [5.74, 6) is 0.729. The average Bonchev–Trinajstić information content (AvgIpc) is 3.07. The molecule has 3 rings (SSSR count). The van der Waals surface area contributed by atoms with Crippen molar-refractivity contribution in [3.63, 3.8) is 0 Å². The maximum Gasteiger partial charge on any atom is 0.261 e. The van der Waals surface area contributed by atoms with Crippen LogP contribution in [0.25, 0.3) is 5.69 Å². The van der Waals surface area contributed by atoms with Gasteiger partial charge in [-0.05, 0) is 49.7 Å². The first-order chi connectivity index (χ1) is 12.5. The zero-order chi connectivity index (χ0) is 18.5. The van der Waals surface area contributed by atoms with Crippen LogP contribution in [0.5, 0.6) is 5.75 Å². The number of benzene rings is 2. The maximum absolute atomic E-state index is 12.9. The van der Waals surface area contributed by atoms with Crippen LogP contribution in [0.4, 0.5) is 4.39 Å². The number of carbonyl (C=O) groups is 1. The Hall–Kier alpha value is -3.15. The molecule has 0 radical (unpaired) electrons. The van der Waals surface area contributed by atoms with Crippen molar-refractivity contribution in [1.29, 1.82) is 0 Å². The van der Waals surface area contributed by atoms with Crippen LogP contribution in [-0.2, 0) is 11.3 Å². The number of hydrogen-bond donors (Lipinski definition) is 1. The number of aromatic nitrogens is 2. The highest BCUT2D eigenvalue weighted by Gasteiger charge is 2.15. The molecule has 0 aliphatic carbocycles. The Bertz CT molecular complexity index is 890. The molecular weight excluding hydrogens is 333 g/mol. The molecular formula is C20H20FN3O2. The second-order valence-corrected chi connectivity index (χ2v) is 5.90. The van der Waals surface area contributed by atoms with E-state index in [1.807, 2.05) is 42.0 Å². The third-order valence-corrected chi connectivity index (χ3v) is 4.03. The Morgan fingerprint density at radius 3 is 2.65 bits per heavy atom. The summed E-state index contributed by atoms with van der Waals surface area (Å²) in [5, 5.41) is 2.88. The number of carbonyl (C=O) groups excluding carboxylic acids is 1. The average molecular weight is 353 g/mol. The van der Waals surface area contributed by atoms with E-state index in [2.05, 4.69) is 10.3 Å². The first-order valence-corrected chi connectivity index (χ1v) is 8.33. The van der Waals surface area contributed by atoms with Crippen molar-refractivity contribution in [3.05, 3.63) is 78.1 Å². The quantitative estimate of drug-likeness (QED) is 0.739. The van der Waals surface area contributed by atoms with Crippen molar-refractivity contribution in [2.24, 2.45) is 0 Å². The topological polar surface area (TPSA) is 56.2 Å². The van der Waals surface area contributed by atoms with Crippen molar-refractivity contribution < 1.29 is 13.9 Å². The van der Waals surface area contributed by atoms with Gasteiger partial charge in [-0.1, -0.05) is 18.2 Å². The summed E-state index contributed by atoms with van der Waals surface area (Å²) in [4.78, 5) is 16.6. The second-order valence-electron chi connectivity index (χ2n) is 5.90. The smallest absolute Gasteiger partial charge is 0.261 e. The van der Waals surface area contributed by atoms with Crippen molar-refractivity contribution >= 4 is 5.91 Å². The van der Waals surface area contributed by atoms with Crippen LogP contribution < -0.4 is 10.1 Å². The van der Waals surface area contributed by atoms with Crippen LogP contribution in [-0.4, -0.2) is 21.6 Å². The maximum atomic E-state index is 12.9. The van der Waals surface area contributed by atoms with E-state index in [0.717, 1.165) is 17.1 Å². The van der Waals surface area contributed by atoms with Gasteiger partial charge in [0.2, 0.25) is 0 Å². The molecule has 1 amide bonds. The van der Waals surface area contributed by atoms with Gasteiger partial charge in [0, 0.05) is 18.9 Å². The van der Waals surface area contributed by atoms with Gasteiger partial charge in [-0.25, -0.2) is 9.37 Å². The summed E-state index contributed by atoms with van der Waals surface area (Å²) < 4.78 is 20.5. The number of imidazole rings is 1. The van der Waals surface area contributed by atoms with Gasteiger partial charge in [0.15, 0.2) is 6.10 Å². The first kappa shape index (κ1) is 17.7. The molecule has 134 valence electrons. The zero-order valence-corrected chi connectivity index (χ0v) is 14.6. The molecule has 0 bridgehead atoms. The number of amides is 1.